The Morgan fingerprint density at radius 1 is 1.22 bits per heavy atom. The maximum atomic E-state index is 14.8. The molecule has 1 aliphatic heterocycles. The number of aromatic nitrogens is 4. The van der Waals surface area contributed by atoms with E-state index in [2.05, 4.69) is 19.9 Å². The fourth-order valence-electron chi connectivity index (χ4n) is 4.11. The average molecular weight is 509 g/mol. The molecule has 1 N–H and O–H groups in total. The third kappa shape index (κ3) is 5.15. The Bertz CT molecular complexity index is 1370. The topological polar surface area (TPSA) is 110 Å². The Kier molecular flexibility index (Phi) is 6.69. The number of halogens is 4. The van der Waals surface area contributed by atoms with Gasteiger partial charge in [0.25, 0.3) is 17.3 Å². The van der Waals surface area contributed by atoms with E-state index in [9.17, 15) is 27.2 Å². The lowest BCUT2D eigenvalue weighted by atomic mass is 10.1. The van der Waals surface area contributed by atoms with Gasteiger partial charge in [-0.25, -0.2) is 19.3 Å². The normalized spacial score (nSPS) is 19.4. The molecule has 0 bridgehead atoms. The fourth-order valence-corrected chi connectivity index (χ4v) is 4.11. The molecule has 1 fully saturated rings. The first-order valence-electron chi connectivity index (χ1n) is 11.1. The van der Waals surface area contributed by atoms with Crippen molar-refractivity contribution in [2.75, 3.05) is 13.1 Å². The molecule has 1 saturated heterocycles. The number of H-pyrrole nitrogens is 1. The minimum Gasteiger partial charge on any atom is -0.468 e. The minimum absolute atomic E-state index is 0.0369. The third-order valence-corrected chi connectivity index (χ3v) is 5.60. The average Bonchev–Trinajstić information content (AvgIpc) is 2.77. The highest BCUT2D eigenvalue weighted by Crippen LogP contribution is 2.36. The van der Waals surface area contributed by atoms with Crippen molar-refractivity contribution in [1.82, 2.24) is 24.8 Å². The lowest BCUT2D eigenvalue weighted by molar-refractivity contribution is -0.142. The summed E-state index contributed by atoms with van der Waals surface area (Å²) in [6, 6.07) is 1.89. The number of morpholine rings is 1. The Morgan fingerprint density at radius 2 is 1.89 bits per heavy atom. The number of aryl methyl sites for hydroxylation is 1. The number of ether oxygens (including phenoxy) is 2. The van der Waals surface area contributed by atoms with Gasteiger partial charge in [0.05, 0.1) is 23.2 Å². The standard InChI is InChI=1S/C23H23F4N5O4/c1-10-8-32(9-11(2)35-10)22(34)14-5-17(24)21(28-7-14)36-12(3)15-6-16-19(29-13(4)30-20(16)33)31-18(15)23(25,26)27/h5-7,10-12H,8-9H2,1-4H3,(H,29,30,31,33)/t10-,11+,12-/m0/s1. The van der Waals surface area contributed by atoms with Crippen molar-refractivity contribution in [1.29, 1.82) is 0 Å². The first-order chi connectivity index (χ1) is 16.8. The number of carbonyl (C=O) groups excluding carboxylic acids is 1. The number of aromatic amines is 1. The molecule has 13 heteroatoms. The minimum atomic E-state index is -4.89. The largest absolute Gasteiger partial charge is 0.468 e. The Hall–Kier alpha value is -3.61. The van der Waals surface area contributed by atoms with E-state index < -0.39 is 46.7 Å². The maximum absolute atomic E-state index is 14.8. The molecule has 1 aliphatic rings. The van der Waals surface area contributed by atoms with Crippen LogP contribution in [0.15, 0.2) is 23.1 Å². The molecule has 0 aromatic carbocycles. The van der Waals surface area contributed by atoms with Crippen molar-refractivity contribution < 1.29 is 31.8 Å². The van der Waals surface area contributed by atoms with E-state index in [1.807, 2.05) is 13.8 Å². The molecule has 3 aromatic rings. The van der Waals surface area contributed by atoms with Gasteiger partial charge in [-0.05, 0) is 39.8 Å². The third-order valence-electron chi connectivity index (χ3n) is 5.60. The van der Waals surface area contributed by atoms with E-state index in [0.29, 0.717) is 13.1 Å². The van der Waals surface area contributed by atoms with E-state index in [0.717, 1.165) is 18.3 Å². The van der Waals surface area contributed by atoms with Gasteiger partial charge in [0, 0.05) is 24.8 Å². The molecule has 0 radical (unpaired) electrons. The zero-order valence-corrected chi connectivity index (χ0v) is 19.8. The highest BCUT2D eigenvalue weighted by molar-refractivity contribution is 5.94. The van der Waals surface area contributed by atoms with E-state index in [-0.39, 0.29) is 34.6 Å². The van der Waals surface area contributed by atoms with E-state index in [1.54, 1.807) is 0 Å². The summed E-state index contributed by atoms with van der Waals surface area (Å²) in [5.74, 6) is -1.98. The molecule has 1 amide bonds. The molecule has 192 valence electrons. The van der Waals surface area contributed by atoms with Crippen LogP contribution in [0, 0.1) is 12.7 Å². The zero-order chi connectivity index (χ0) is 26.4. The van der Waals surface area contributed by atoms with Gasteiger partial charge >= 0.3 is 6.18 Å². The SMILES string of the molecule is Cc1nc2nc(C(F)(F)F)c([C@H](C)Oc3ncc(C(=O)N4C[C@@H](C)O[C@@H](C)C4)cc3F)cc2c(=O)[nH]1. The summed E-state index contributed by atoms with van der Waals surface area (Å²) in [5, 5.41) is -0.178. The lowest BCUT2D eigenvalue weighted by Gasteiger charge is -2.35. The summed E-state index contributed by atoms with van der Waals surface area (Å²) in [4.78, 5) is 40.2. The molecule has 3 atom stereocenters. The summed E-state index contributed by atoms with van der Waals surface area (Å²) < 4.78 is 67.1. The maximum Gasteiger partial charge on any atom is 0.433 e. The van der Waals surface area contributed by atoms with E-state index >= 15 is 0 Å². The van der Waals surface area contributed by atoms with Gasteiger partial charge in [0.2, 0.25) is 0 Å². The molecule has 3 aromatic heterocycles. The molecular formula is C23H23F4N5O4. The van der Waals surface area contributed by atoms with Crippen LogP contribution >= 0.6 is 0 Å². The summed E-state index contributed by atoms with van der Waals surface area (Å²) in [7, 11) is 0. The molecule has 0 saturated carbocycles. The lowest BCUT2D eigenvalue weighted by Crippen LogP contribution is -2.48. The van der Waals surface area contributed by atoms with Crippen LogP contribution < -0.4 is 10.3 Å². The van der Waals surface area contributed by atoms with Crippen LogP contribution in [0.3, 0.4) is 0 Å². The van der Waals surface area contributed by atoms with Gasteiger partial charge in [0.1, 0.15) is 11.9 Å². The van der Waals surface area contributed by atoms with Crippen molar-refractivity contribution in [2.45, 2.75) is 52.2 Å². The predicted molar refractivity (Wildman–Crippen MR) is 119 cm³/mol. The number of hydrogen-bond donors (Lipinski definition) is 1. The van der Waals surface area contributed by atoms with Gasteiger partial charge in [-0.2, -0.15) is 13.2 Å². The Labute approximate surface area is 202 Å². The van der Waals surface area contributed by atoms with Crippen LogP contribution in [0.5, 0.6) is 5.88 Å². The van der Waals surface area contributed by atoms with Gasteiger partial charge in [-0.3, -0.25) is 9.59 Å². The molecule has 0 spiro atoms. The number of nitrogens with zero attached hydrogens (tertiary/aromatic N) is 4. The van der Waals surface area contributed by atoms with Crippen molar-refractivity contribution >= 4 is 16.9 Å². The number of fused-ring (bicyclic) bond motifs is 1. The quantitative estimate of drug-likeness (QED) is 0.536. The van der Waals surface area contributed by atoms with E-state index in [4.69, 9.17) is 9.47 Å². The van der Waals surface area contributed by atoms with Crippen LogP contribution in [-0.4, -0.2) is 56.0 Å². The number of pyridine rings is 2. The Morgan fingerprint density at radius 3 is 2.50 bits per heavy atom. The summed E-state index contributed by atoms with van der Waals surface area (Å²) >= 11 is 0. The highest BCUT2D eigenvalue weighted by Gasteiger charge is 2.38. The van der Waals surface area contributed by atoms with Crippen LogP contribution in [0.4, 0.5) is 17.6 Å². The first-order valence-corrected chi connectivity index (χ1v) is 11.1. The van der Waals surface area contributed by atoms with Crippen LogP contribution in [-0.2, 0) is 10.9 Å². The second-order valence-corrected chi connectivity index (χ2v) is 8.68. The monoisotopic (exact) mass is 509 g/mol. The highest BCUT2D eigenvalue weighted by atomic mass is 19.4. The molecular weight excluding hydrogens is 486 g/mol. The number of rotatable bonds is 4. The van der Waals surface area contributed by atoms with Crippen molar-refractivity contribution in [2.24, 2.45) is 0 Å². The summed E-state index contributed by atoms with van der Waals surface area (Å²) in [6.07, 6.45) is -5.58. The van der Waals surface area contributed by atoms with Crippen LogP contribution in [0.1, 0.15) is 54.3 Å². The number of amides is 1. The van der Waals surface area contributed by atoms with Crippen molar-refractivity contribution in [3.8, 4) is 5.88 Å². The van der Waals surface area contributed by atoms with Crippen LogP contribution in [0.25, 0.3) is 11.0 Å². The van der Waals surface area contributed by atoms with Crippen molar-refractivity contribution in [3.63, 3.8) is 0 Å². The van der Waals surface area contributed by atoms with Gasteiger partial charge < -0.3 is 19.4 Å². The second-order valence-electron chi connectivity index (χ2n) is 8.68. The number of hydrogen-bond acceptors (Lipinski definition) is 7. The van der Waals surface area contributed by atoms with Crippen LogP contribution in [0.2, 0.25) is 0 Å². The number of carbonyl (C=O) groups is 1. The van der Waals surface area contributed by atoms with Crippen molar-refractivity contribution in [3.05, 3.63) is 57.1 Å². The zero-order valence-electron chi connectivity index (χ0n) is 19.8. The second kappa shape index (κ2) is 9.45. The molecule has 4 heterocycles. The number of nitrogens with one attached hydrogen (secondary N) is 1. The number of alkyl halides is 3. The fraction of sp³-hybridized carbons (Fsp3) is 0.435. The summed E-state index contributed by atoms with van der Waals surface area (Å²) in [5.41, 5.74) is -2.90. The summed E-state index contributed by atoms with van der Waals surface area (Å²) in [6.45, 7) is 6.93. The predicted octanol–water partition coefficient (Wildman–Crippen LogP) is 3.57. The molecule has 36 heavy (non-hydrogen) atoms. The van der Waals surface area contributed by atoms with E-state index in [1.165, 1.54) is 18.7 Å². The van der Waals surface area contributed by atoms with Gasteiger partial charge in [-0.15, -0.1) is 0 Å². The van der Waals surface area contributed by atoms with Gasteiger partial charge in [-0.1, -0.05) is 0 Å². The molecule has 4 rings (SSSR count). The molecule has 9 nitrogen and oxygen atoms in total. The molecule has 0 unspecified atom stereocenters. The first kappa shape index (κ1) is 25.5. The van der Waals surface area contributed by atoms with Gasteiger partial charge in [0.15, 0.2) is 17.2 Å². The molecule has 0 aliphatic carbocycles. The Balaban J connectivity index is 1.63. The smallest absolute Gasteiger partial charge is 0.433 e.